The first-order valence-electron chi connectivity index (χ1n) is 5.38. The summed E-state index contributed by atoms with van der Waals surface area (Å²) in [6.45, 7) is 6.31. The van der Waals surface area contributed by atoms with Gasteiger partial charge in [-0.1, -0.05) is 19.1 Å². The predicted molar refractivity (Wildman–Crippen MR) is 67.5 cm³/mol. The van der Waals surface area contributed by atoms with Crippen LogP contribution in [0.3, 0.4) is 0 Å². The van der Waals surface area contributed by atoms with Crippen molar-refractivity contribution in [1.82, 2.24) is 0 Å². The summed E-state index contributed by atoms with van der Waals surface area (Å²) in [6, 6.07) is 8.60. The highest BCUT2D eigenvalue weighted by Crippen LogP contribution is 2.26. The Kier molecular flexibility index (Phi) is 3.40. The number of nitrogens with zero attached hydrogens (tertiary/aromatic N) is 1. The zero-order valence-electron chi connectivity index (χ0n) is 10.4. The first-order valence-corrected chi connectivity index (χ1v) is 5.38. The van der Waals surface area contributed by atoms with Gasteiger partial charge < -0.3 is 10.6 Å². The number of nitrogens with two attached hydrogens (primary N) is 1. The van der Waals surface area contributed by atoms with Gasteiger partial charge in [0.2, 0.25) is 0 Å². The lowest BCUT2D eigenvalue weighted by atomic mass is 9.84. The summed E-state index contributed by atoms with van der Waals surface area (Å²) in [6.07, 6.45) is 0. The summed E-state index contributed by atoms with van der Waals surface area (Å²) in [4.78, 5) is 2.10. The van der Waals surface area contributed by atoms with Crippen LogP contribution in [0.15, 0.2) is 24.3 Å². The molecule has 1 unspecified atom stereocenters. The molecule has 0 aliphatic carbocycles. The molecule has 1 atom stereocenters. The average molecular weight is 206 g/mol. The standard InChI is InChI=1S/C13H22N2/c1-10(13(2,3)14)11-6-8-12(9-7-11)15(4)5/h6-10H,14H2,1-5H3. The molecule has 1 aromatic carbocycles. The van der Waals surface area contributed by atoms with Gasteiger partial charge in [0.25, 0.3) is 0 Å². The molecule has 15 heavy (non-hydrogen) atoms. The Balaban J connectivity index is 2.89. The minimum Gasteiger partial charge on any atom is -0.378 e. The van der Waals surface area contributed by atoms with Crippen molar-refractivity contribution in [2.24, 2.45) is 5.73 Å². The smallest absolute Gasteiger partial charge is 0.0361 e. The molecule has 0 aliphatic heterocycles. The van der Waals surface area contributed by atoms with E-state index in [1.165, 1.54) is 11.3 Å². The molecular formula is C13H22N2. The Morgan fingerprint density at radius 2 is 1.60 bits per heavy atom. The van der Waals surface area contributed by atoms with Crippen molar-refractivity contribution in [1.29, 1.82) is 0 Å². The minimum absolute atomic E-state index is 0.167. The van der Waals surface area contributed by atoms with Gasteiger partial charge in [-0.2, -0.15) is 0 Å². The van der Waals surface area contributed by atoms with Crippen molar-refractivity contribution >= 4 is 5.69 Å². The van der Waals surface area contributed by atoms with Gasteiger partial charge in [-0.05, 0) is 37.5 Å². The second-order valence-corrected chi connectivity index (χ2v) is 5.03. The van der Waals surface area contributed by atoms with Crippen LogP contribution < -0.4 is 10.6 Å². The van der Waals surface area contributed by atoms with E-state index in [0.29, 0.717) is 5.92 Å². The normalized spacial score (nSPS) is 13.7. The van der Waals surface area contributed by atoms with Crippen molar-refractivity contribution in [2.45, 2.75) is 32.2 Å². The van der Waals surface area contributed by atoms with Crippen molar-refractivity contribution < 1.29 is 0 Å². The molecule has 0 radical (unpaired) electrons. The second-order valence-electron chi connectivity index (χ2n) is 5.03. The molecule has 0 fully saturated rings. The van der Waals surface area contributed by atoms with Gasteiger partial charge in [0, 0.05) is 25.3 Å². The van der Waals surface area contributed by atoms with Crippen LogP contribution >= 0.6 is 0 Å². The lowest BCUT2D eigenvalue weighted by Crippen LogP contribution is -2.37. The molecule has 2 heteroatoms. The van der Waals surface area contributed by atoms with Crippen LogP contribution in [0.1, 0.15) is 32.3 Å². The molecule has 1 aromatic rings. The second kappa shape index (κ2) is 4.23. The van der Waals surface area contributed by atoms with E-state index in [4.69, 9.17) is 5.73 Å². The Bertz CT molecular complexity index is 306. The SMILES string of the molecule is CC(c1ccc(N(C)C)cc1)C(C)(C)N. The minimum atomic E-state index is -0.167. The molecule has 0 bridgehead atoms. The van der Waals surface area contributed by atoms with E-state index in [9.17, 15) is 0 Å². The number of rotatable bonds is 3. The number of hydrogen-bond acceptors (Lipinski definition) is 2. The third-order valence-corrected chi connectivity index (χ3v) is 3.03. The summed E-state index contributed by atoms with van der Waals surface area (Å²) in [7, 11) is 4.09. The van der Waals surface area contributed by atoms with Gasteiger partial charge in [-0.3, -0.25) is 0 Å². The highest BCUT2D eigenvalue weighted by Gasteiger charge is 2.21. The number of benzene rings is 1. The van der Waals surface area contributed by atoms with Gasteiger partial charge in [-0.15, -0.1) is 0 Å². The largest absolute Gasteiger partial charge is 0.378 e. The van der Waals surface area contributed by atoms with Crippen molar-refractivity contribution in [3.05, 3.63) is 29.8 Å². The fourth-order valence-corrected chi connectivity index (χ4v) is 1.49. The molecule has 0 heterocycles. The summed E-state index contributed by atoms with van der Waals surface area (Å²) in [5, 5.41) is 0. The summed E-state index contributed by atoms with van der Waals surface area (Å²) < 4.78 is 0. The number of anilines is 1. The van der Waals surface area contributed by atoms with E-state index in [0.717, 1.165) is 0 Å². The van der Waals surface area contributed by atoms with Crippen LogP contribution in [-0.2, 0) is 0 Å². The van der Waals surface area contributed by atoms with Crippen molar-refractivity contribution in [3.8, 4) is 0 Å². The highest BCUT2D eigenvalue weighted by molar-refractivity contribution is 5.46. The lowest BCUT2D eigenvalue weighted by Gasteiger charge is -2.28. The number of hydrogen-bond donors (Lipinski definition) is 1. The molecule has 0 spiro atoms. The van der Waals surface area contributed by atoms with E-state index in [1.807, 2.05) is 14.1 Å². The van der Waals surface area contributed by atoms with E-state index in [2.05, 4.69) is 49.9 Å². The first-order chi connectivity index (χ1) is 6.82. The van der Waals surface area contributed by atoms with E-state index in [-0.39, 0.29) is 5.54 Å². The highest BCUT2D eigenvalue weighted by atomic mass is 15.1. The van der Waals surface area contributed by atoms with Gasteiger partial charge in [0.05, 0.1) is 0 Å². The molecule has 0 saturated heterocycles. The van der Waals surface area contributed by atoms with E-state index >= 15 is 0 Å². The van der Waals surface area contributed by atoms with E-state index < -0.39 is 0 Å². The predicted octanol–water partition coefficient (Wildman–Crippen LogP) is 2.59. The molecule has 2 N–H and O–H groups in total. The fourth-order valence-electron chi connectivity index (χ4n) is 1.49. The molecule has 0 amide bonds. The molecule has 0 aromatic heterocycles. The van der Waals surface area contributed by atoms with Crippen LogP contribution in [0.4, 0.5) is 5.69 Å². The third-order valence-electron chi connectivity index (χ3n) is 3.03. The van der Waals surface area contributed by atoms with Crippen LogP contribution in [0.2, 0.25) is 0 Å². The van der Waals surface area contributed by atoms with Crippen molar-refractivity contribution in [2.75, 3.05) is 19.0 Å². The molecule has 84 valence electrons. The molecule has 1 rings (SSSR count). The van der Waals surface area contributed by atoms with Crippen LogP contribution in [0.5, 0.6) is 0 Å². The van der Waals surface area contributed by atoms with Gasteiger partial charge in [0.15, 0.2) is 0 Å². The average Bonchev–Trinajstić information content (AvgIpc) is 2.15. The Morgan fingerprint density at radius 1 is 1.13 bits per heavy atom. The maximum Gasteiger partial charge on any atom is 0.0361 e. The van der Waals surface area contributed by atoms with Crippen LogP contribution in [-0.4, -0.2) is 19.6 Å². The first kappa shape index (κ1) is 12.1. The monoisotopic (exact) mass is 206 g/mol. The van der Waals surface area contributed by atoms with Crippen LogP contribution in [0.25, 0.3) is 0 Å². The summed E-state index contributed by atoms with van der Waals surface area (Å²) >= 11 is 0. The Morgan fingerprint density at radius 3 is 1.93 bits per heavy atom. The third kappa shape index (κ3) is 2.96. The van der Waals surface area contributed by atoms with Gasteiger partial charge >= 0.3 is 0 Å². The molecule has 0 saturated carbocycles. The molecule has 0 aliphatic rings. The topological polar surface area (TPSA) is 29.3 Å². The maximum atomic E-state index is 6.10. The zero-order valence-corrected chi connectivity index (χ0v) is 10.4. The van der Waals surface area contributed by atoms with E-state index in [1.54, 1.807) is 0 Å². The van der Waals surface area contributed by atoms with Gasteiger partial charge in [0.1, 0.15) is 0 Å². The molecule has 2 nitrogen and oxygen atoms in total. The summed E-state index contributed by atoms with van der Waals surface area (Å²) in [5.74, 6) is 0.369. The summed E-state index contributed by atoms with van der Waals surface area (Å²) in [5.41, 5.74) is 8.45. The maximum absolute atomic E-state index is 6.10. The van der Waals surface area contributed by atoms with Crippen LogP contribution in [0, 0.1) is 0 Å². The lowest BCUT2D eigenvalue weighted by molar-refractivity contribution is 0.435. The fraction of sp³-hybridized carbons (Fsp3) is 0.538. The zero-order chi connectivity index (χ0) is 11.6. The Labute approximate surface area is 93.1 Å². The Hall–Kier alpha value is -1.02. The van der Waals surface area contributed by atoms with Gasteiger partial charge in [-0.25, -0.2) is 0 Å². The van der Waals surface area contributed by atoms with Crippen molar-refractivity contribution in [3.63, 3.8) is 0 Å². The quantitative estimate of drug-likeness (QED) is 0.823. The molecular weight excluding hydrogens is 184 g/mol.